The lowest BCUT2D eigenvalue weighted by atomic mass is 10.1. The molecule has 4 heteroatoms. The van der Waals surface area contributed by atoms with Crippen molar-refractivity contribution >= 4 is 5.91 Å². The minimum absolute atomic E-state index is 0.132. The van der Waals surface area contributed by atoms with Crippen molar-refractivity contribution in [2.24, 2.45) is 0 Å². The van der Waals surface area contributed by atoms with Crippen molar-refractivity contribution in [3.63, 3.8) is 0 Å². The average molecular weight is 200 g/mol. The first-order chi connectivity index (χ1) is 6.83. The molecule has 0 aliphatic carbocycles. The Morgan fingerprint density at radius 3 is 2.79 bits per heavy atom. The van der Waals surface area contributed by atoms with Gasteiger partial charge in [0.05, 0.1) is 0 Å². The summed E-state index contributed by atoms with van der Waals surface area (Å²) in [6.07, 6.45) is 2.70. The van der Waals surface area contributed by atoms with Crippen LogP contribution in [0.15, 0.2) is 0 Å². The molecule has 1 aliphatic rings. The lowest BCUT2D eigenvalue weighted by Gasteiger charge is -2.22. The van der Waals surface area contributed by atoms with Gasteiger partial charge >= 0.3 is 0 Å². The summed E-state index contributed by atoms with van der Waals surface area (Å²) in [6.45, 7) is 5.12. The van der Waals surface area contributed by atoms with Gasteiger partial charge < -0.3 is 15.4 Å². The molecular formula is C10H20N2O2. The molecular weight excluding hydrogens is 180 g/mol. The quantitative estimate of drug-likeness (QED) is 0.670. The van der Waals surface area contributed by atoms with E-state index in [1.54, 1.807) is 0 Å². The zero-order valence-corrected chi connectivity index (χ0v) is 8.84. The summed E-state index contributed by atoms with van der Waals surface area (Å²) in [5.74, 6) is 0.132. The molecule has 1 fully saturated rings. The maximum Gasteiger partial charge on any atom is 0.221 e. The summed E-state index contributed by atoms with van der Waals surface area (Å²) in [5.41, 5.74) is 0. The highest BCUT2D eigenvalue weighted by Gasteiger charge is 2.12. The van der Waals surface area contributed by atoms with E-state index in [1.807, 2.05) is 6.92 Å². The van der Waals surface area contributed by atoms with Crippen molar-refractivity contribution in [1.82, 2.24) is 10.6 Å². The van der Waals surface area contributed by atoms with E-state index in [4.69, 9.17) is 4.74 Å². The molecule has 0 spiro atoms. The van der Waals surface area contributed by atoms with Gasteiger partial charge in [-0.15, -0.1) is 0 Å². The first-order valence-corrected chi connectivity index (χ1v) is 5.40. The fourth-order valence-electron chi connectivity index (χ4n) is 1.58. The number of hydrogen-bond donors (Lipinski definition) is 2. The van der Waals surface area contributed by atoms with Crippen molar-refractivity contribution in [1.29, 1.82) is 0 Å². The SMILES string of the molecule is CCNC(=O)CCNC1CCOCC1. The Bertz CT molecular complexity index is 168. The van der Waals surface area contributed by atoms with E-state index >= 15 is 0 Å². The monoisotopic (exact) mass is 200 g/mol. The first-order valence-electron chi connectivity index (χ1n) is 5.40. The molecule has 2 N–H and O–H groups in total. The summed E-state index contributed by atoms with van der Waals surface area (Å²) in [4.78, 5) is 11.1. The molecule has 1 saturated heterocycles. The van der Waals surface area contributed by atoms with E-state index in [1.165, 1.54) is 0 Å². The second-order valence-electron chi connectivity index (χ2n) is 3.54. The zero-order valence-electron chi connectivity index (χ0n) is 8.84. The van der Waals surface area contributed by atoms with Gasteiger partial charge in [-0.1, -0.05) is 0 Å². The molecule has 0 saturated carbocycles. The minimum Gasteiger partial charge on any atom is -0.381 e. The fraction of sp³-hybridized carbons (Fsp3) is 0.900. The predicted molar refractivity (Wildman–Crippen MR) is 55.1 cm³/mol. The van der Waals surface area contributed by atoms with Crippen LogP contribution in [0.1, 0.15) is 26.2 Å². The molecule has 0 unspecified atom stereocenters. The van der Waals surface area contributed by atoms with Crippen molar-refractivity contribution in [3.8, 4) is 0 Å². The van der Waals surface area contributed by atoms with Crippen LogP contribution in [0.2, 0.25) is 0 Å². The number of nitrogens with one attached hydrogen (secondary N) is 2. The first kappa shape index (κ1) is 11.5. The van der Waals surface area contributed by atoms with Crippen LogP contribution in [0.5, 0.6) is 0 Å². The highest BCUT2D eigenvalue weighted by molar-refractivity contribution is 5.75. The maximum absolute atomic E-state index is 11.1. The van der Waals surface area contributed by atoms with E-state index in [2.05, 4.69) is 10.6 Å². The smallest absolute Gasteiger partial charge is 0.221 e. The standard InChI is InChI=1S/C10H20N2O2/c1-2-11-10(13)3-6-12-9-4-7-14-8-5-9/h9,12H,2-8H2,1H3,(H,11,13). The van der Waals surface area contributed by atoms with Crippen LogP contribution in [-0.4, -0.2) is 38.3 Å². The van der Waals surface area contributed by atoms with Crippen molar-refractivity contribution < 1.29 is 9.53 Å². The molecule has 14 heavy (non-hydrogen) atoms. The molecule has 1 amide bonds. The van der Waals surface area contributed by atoms with Crippen molar-refractivity contribution in [2.75, 3.05) is 26.3 Å². The van der Waals surface area contributed by atoms with Gasteiger partial charge in [-0.05, 0) is 19.8 Å². The van der Waals surface area contributed by atoms with Crippen molar-refractivity contribution in [2.45, 2.75) is 32.2 Å². The Hall–Kier alpha value is -0.610. The van der Waals surface area contributed by atoms with E-state index in [0.29, 0.717) is 12.5 Å². The Morgan fingerprint density at radius 1 is 1.43 bits per heavy atom. The molecule has 0 aromatic heterocycles. The van der Waals surface area contributed by atoms with E-state index in [9.17, 15) is 4.79 Å². The van der Waals surface area contributed by atoms with Crippen LogP contribution < -0.4 is 10.6 Å². The van der Waals surface area contributed by atoms with Crippen LogP contribution >= 0.6 is 0 Å². The van der Waals surface area contributed by atoms with Gasteiger partial charge in [-0.2, -0.15) is 0 Å². The summed E-state index contributed by atoms with van der Waals surface area (Å²) >= 11 is 0. The molecule has 0 atom stereocenters. The average Bonchev–Trinajstić information content (AvgIpc) is 2.20. The lowest BCUT2D eigenvalue weighted by molar-refractivity contribution is -0.120. The molecule has 4 nitrogen and oxygen atoms in total. The van der Waals surface area contributed by atoms with Crippen LogP contribution in [0.3, 0.4) is 0 Å². The number of ether oxygens (including phenoxy) is 1. The molecule has 0 aromatic carbocycles. The van der Waals surface area contributed by atoms with Gasteiger partial charge in [0.1, 0.15) is 0 Å². The molecule has 1 rings (SSSR count). The minimum atomic E-state index is 0.132. The number of rotatable bonds is 5. The highest BCUT2D eigenvalue weighted by Crippen LogP contribution is 2.05. The number of hydrogen-bond acceptors (Lipinski definition) is 3. The topological polar surface area (TPSA) is 50.4 Å². The lowest BCUT2D eigenvalue weighted by Crippen LogP contribution is -2.37. The number of carbonyl (C=O) groups is 1. The van der Waals surface area contributed by atoms with Gasteiger partial charge in [-0.3, -0.25) is 4.79 Å². The van der Waals surface area contributed by atoms with Crippen molar-refractivity contribution in [3.05, 3.63) is 0 Å². The fourth-order valence-corrected chi connectivity index (χ4v) is 1.58. The van der Waals surface area contributed by atoms with Gasteiger partial charge in [-0.25, -0.2) is 0 Å². The summed E-state index contributed by atoms with van der Waals surface area (Å²) in [5, 5.41) is 6.15. The largest absolute Gasteiger partial charge is 0.381 e. The Labute approximate surface area is 85.4 Å². The second kappa shape index (κ2) is 6.79. The highest BCUT2D eigenvalue weighted by atomic mass is 16.5. The van der Waals surface area contributed by atoms with E-state index in [-0.39, 0.29) is 5.91 Å². The normalized spacial score (nSPS) is 18.1. The zero-order chi connectivity index (χ0) is 10.2. The molecule has 82 valence electrons. The maximum atomic E-state index is 11.1. The molecule has 0 radical (unpaired) electrons. The molecule has 1 aliphatic heterocycles. The Balaban J connectivity index is 1.99. The number of carbonyl (C=O) groups excluding carboxylic acids is 1. The van der Waals surface area contributed by atoms with Gasteiger partial charge in [0.2, 0.25) is 5.91 Å². The third kappa shape index (κ3) is 4.58. The van der Waals surface area contributed by atoms with Crippen LogP contribution in [-0.2, 0) is 9.53 Å². The third-order valence-electron chi connectivity index (χ3n) is 2.38. The van der Waals surface area contributed by atoms with Crippen LogP contribution in [0, 0.1) is 0 Å². The Morgan fingerprint density at radius 2 is 2.14 bits per heavy atom. The number of amides is 1. The summed E-state index contributed by atoms with van der Waals surface area (Å²) in [7, 11) is 0. The van der Waals surface area contributed by atoms with Gasteiger partial charge in [0.15, 0.2) is 0 Å². The third-order valence-corrected chi connectivity index (χ3v) is 2.38. The molecule has 0 bridgehead atoms. The predicted octanol–water partition coefficient (Wildman–Crippen LogP) is 0.281. The summed E-state index contributed by atoms with van der Waals surface area (Å²) in [6, 6.07) is 0.540. The van der Waals surface area contributed by atoms with Crippen LogP contribution in [0.25, 0.3) is 0 Å². The molecule has 0 aromatic rings. The van der Waals surface area contributed by atoms with Gasteiger partial charge in [0.25, 0.3) is 0 Å². The van der Waals surface area contributed by atoms with E-state index < -0.39 is 0 Å². The molecule has 1 heterocycles. The Kier molecular flexibility index (Phi) is 5.56. The van der Waals surface area contributed by atoms with Crippen LogP contribution in [0.4, 0.5) is 0 Å². The summed E-state index contributed by atoms with van der Waals surface area (Å²) < 4.78 is 5.25. The van der Waals surface area contributed by atoms with Gasteiger partial charge in [0, 0.05) is 38.8 Å². The second-order valence-corrected chi connectivity index (χ2v) is 3.54. The van der Waals surface area contributed by atoms with E-state index in [0.717, 1.165) is 39.1 Å².